The standard InChI is InChI=1S/C13H20N4O3/c14-12-10(16-5-1-2-6-16)7-17(13(19)15-12)11-4-3-9(8-18)20-11/h7,9,11,18H,1-6,8H2,(H2,14,15,19)/t9-,11-/m0/s1. The van der Waals surface area contributed by atoms with Gasteiger partial charge in [-0.2, -0.15) is 4.98 Å². The molecule has 3 rings (SSSR count). The molecule has 20 heavy (non-hydrogen) atoms. The van der Waals surface area contributed by atoms with E-state index in [4.69, 9.17) is 15.6 Å². The van der Waals surface area contributed by atoms with Crippen LogP contribution in [0.4, 0.5) is 11.5 Å². The summed E-state index contributed by atoms with van der Waals surface area (Å²) >= 11 is 0. The first-order valence-corrected chi connectivity index (χ1v) is 7.09. The number of nitrogens with zero attached hydrogens (tertiary/aromatic N) is 3. The predicted molar refractivity (Wildman–Crippen MR) is 74.6 cm³/mol. The average Bonchev–Trinajstić information content (AvgIpc) is 3.09. The Labute approximate surface area is 117 Å². The van der Waals surface area contributed by atoms with Gasteiger partial charge in [0.1, 0.15) is 6.23 Å². The van der Waals surface area contributed by atoms with Gasteiger partial charge in [0.15, 0.2) is 5.82 Å². The molecule has 110 valence electrons. The number of rotatable bonds is 3. The van der Waals surface area contributed by atoms with Crippen molar-refractivity contribution >= 4 is 11.5 Å². The lowest BCUT2D eigenvalue weighted by Gasteiger charge is -2.22. The van der Waals surface area contributed by atoms with E-state index in [1.165, 1.54) is 4.57 Å². The molecule has 2 atom stereocenters. The number of ether oxygens (including phenoxy) is 1. The first-order chi connectivity index (χ1) is 9.69. The summed E-state index contributed by atoms with van der Waals surface area (Å²) in [5, 5.41) is 9.12. The molecule has 3 heterocycles. The van der Waals surface area contributed by atoms with E-state index in [1.54, 1.807) is 6.20 Å². The second-order valence-electron chi connectivity index (χ2n) is 5.37. The third-order valence-electron chi connectivity index (χ3n) is 4.01. The molecule has 3 N–H and O–H groups in total. The van der Waals surface area contributed by atoms with Crippen LogP contribution in [0.25, 0.3) is 0 Å². The molecule has 7 nitrogen and oxygen atoms in total. The number of nitrogens with two attached hydrogens (primary N) is 1. The van der Waals surface area contributed by atoms with Gasteiger partial charge < -0.3 is 20.5 Å². The van der Waals surface area contributed by atoms with E-state index < -0.39 is 5.69 Å². The Morgan fingerprint density at radius 3 is 2.80 bits per heavy atom. The molecular formula is C13H20N4O3. The Morgan fingerprint density at radius 2 is 2.15 bits per heavy atom. The minimum atomic E-state index is -0.394. The molecule has 0 bridgehead atoms. The normalized spacial score (nSPS) is 26.4. The summed E-state index contributed by atoms with van der Waals surface area (Å²) in [6.45, 7) is 1.86. The van der Waals surface area contributed by atoms with Gasteiger partial charge in [0.25, 0.3) is 0 Å². The predicted octanol–water partition coefficient (Wildman–Crippen LogP) is 0.0956. The molecule has 1 aromatic rings. The third-order valence-corrected chi connectivity index (χ3v) is 4.01. The van der Waals surface area contributed by atoms with Crippen LogP contribution in [0.3, 0.4) is 0 Å². The molecule has 2 aliphatic heterocycles. The van der Waals surface area contributed by atoms with Gasteiger partial charge in [-0.1, -0.05) is 0 Å². The van der Waals surface area contributed by atoms with Crippen molar-refractivity contribution in [3.8, 4) is 0 Å². The molecule has 2 aliphatic rings. The van der Waals surface area contributed by atoms with Crippen LogP contribution in [0.5, 0.6) is 0 Å². The van der Waals surface area contributed by atoms with Crippen LogP contribution in [0, 0.1) is 0 Å². The Hall–Kier alpha value is -1.60. The van der Waals surface area contributed by atoms with Crippen molar-refractivity contribution in [2.45, 2.75) is 38.0 Å². The molecule has 0 amide bonds. The summed E-state index contributed by atoms with van der Waals surface area (Å²) in [4.78, 5) is 18.1. The van der Waals surface area contributed by atoms with Gasteiger partial charge in [-0.3, -0.25) is 4.57 Å². The fourth-order valence-electron chi connectivity index (χ4n) is 2.90. The van der Waals surface area contributed by atoms with Gasteiger partial charge in [-0.15, -0.1) is 0 Å². The Bertz CT molecular complexity index is 539. The van der Waals surface area contributed by atoms with Crippen LogP contribution in [0.2, 0.25) is 0 Å². The van der Waals surface area contributed by atoms with Gasteiger partial charge in [0, 0.05) is 19.3 Å². The molecule has 0 spiro atoms. The highest BCUT2D eigenvalue weighted by Gasteiger charge is 2.28. The van der Waals surface area contributed by atoms with Crippen LogP contribution in [0.15, 0.2) is 11.0 Å². The quantitative estimate of drug-likeness (QED) is 0.815. The summed E-state index contributed by atoms with van der Waals surface area (Å²) in [5.74, 6) is 0.282. The van der Waals surface area contributed by atoms with Crippen LogP contribution in [-0.4, -0.2) is 40.5 Å². The molecule has 0 radical (unpaired) electrons. The van der Waals surface area contributed by atoms with Crippen LogP contribution < -0.4 is 16.3 Å². The van der Waals surface area contributed by atoms with Crippen molar-refractivity contribution in [1.29, 1.82) is 0 Å². The molecule has 2 saturated heterocycles. The molecule has 1 aromatic heterocycles. The number of hydrogen-bond donors (Lipinski definition) is 2. The number of aliphatic hydroxyl groups excluding tert-OH is 1. The van der Waals surface area contributed by atoms with E-state index in [1.807, 2.05) is 0 Å². The molecule has 0 aromatic carbocycles. The zero-order chi connectivity index (χ0) is 14.1. The lowest BCUT2D eigenvalue weighted by Crippen LogP contribution is -2.31. The van der Waals surface area contributed by atoms with Crippen molar-refractivity contribution in [3.05, 3.63) is 16.7 Å². The Morgan fingerprint density at radius 1 is 1.40 bits per heavy atom. The van der Waals surface area contributed by atoms with E-state index in [0.717, 1.165) is 38.0 Å². The van der Waals surface area contributed by atoms with Crippen LogP contribution >= 0.6 is 0 Å². The van der Waals surface area contributed by atoms with Gasteiger partial charge in [-0.05, 0) is 25.7 Å². The monoisotopic (exact) mass is 280 g/mol. The molecule has 0 unspecified atom stereocenters. The number of anilines is 2. The van der Waals surface area contributed by atoms with Crippen molar-refractivity contribution in [2.75, 3.05) is 30.3 Å². The molecule has 0 aliphatic carbocycles. The van der Waals surface area contributed by atoms with Crippen molar-refractivity contribution < 1.29 is 9.84 Å². The highest BCUT2D eigenvalue weighted by Crippen LogP contribution is 2.29. The van der Waals surface area contributed by atoms with E-state index in [2.05, 4.69) is 9.88 Å². The maximum Gasteiger partial charge on any atom is 0.351 e. The lowest BCUT2D eigenvalue weighted by molar-refractivity contribution is -0.0244. The molecule has 2 fully saturated rings. The van der Waals surface area contributed by atoms with E-state index >= 15 is 0 Å². The molecule has 7 heteroatoms. The van der Waals surface area contributed by atoms with Gasteiger partial charge in [0.2, 0.25) is 0 Å². The van der Waals surface area contributed by atoms with E-state index in [-0.39, 0.29) is 24.8 Å². The van der Waals surface area contributed by atoms with E-state index in [0.29, 0.717) is 6.42 Å². The van der Waals surface area contributed by atoms with Crippen LogP contribution in [0.1, 0.15) is 31.9 Å². The Kier molecular flexibility index (Phi) is 3.62. The first kappa shape index (κ1) is 13.4. The van der Waals surface area contributed by atoms with Crippen molar-refractivity contribution in [3.63, 3.8) is 0 Å². The topological polar surface area (TPSA) is 93.6 Å². The van der Waals surface area contributed by atoms with Crippen LogP contribution in [-0.2, 0) is 4.74 Å². The summed E-state index contributed by atoms with van der Waals surface area (Å²) in [6.07, 6.45) is 4.91. The smallest absolute Gasteiger partial charge is 0.351 e. The number of nitrogen functional groups attached to an aromatic ring is 1. The SMILES string of the molecule is Nc1nc(=O)n([C@@H]2CC[C@@H](CO)O2)cc1N1CCCC1. The zero-order valence-electron chi connectivity index (χ0n) is 11.4. The fraction of sp³-hybridized carbons (Fsp3) is 0.692. The Balaban J connectivity index is 1.90. The largest absolute Gasteiger partial charge is 0.394 e. The maximum atomic E-state index is 12.0. The number of aliphatic hydroxyl groups is 1. The second-order valence-corrected chi connectivity index (χ2v) is 5.37. The minimum absolute atomic E-state index is 0.0212. The minimum Gasteiger partial charge on any atom is -0.394 e. The van der Waals surface area contributed by atoms with Crippen molar-refractivity contribution in [1.82, 2.24) is 9.55 Å². The van der Waals surface area contributed by atoms with Gasteiger partial charge in [-0.25, -0.2) is 4.79 Å². The molecular weight excluding hydrogens is 260 g/mol. The first-order valence-electron chi connectivity index (χ1n) is 7.09. The highest BCUT2D eigenvalue weighted by atomic mass is 16.5. The second kappa shape index (κ2) is 5.41. The maximum absolute atomic E-state index is 12.0. The van der Waals surface area contributed by atoms with Gasteiger partial charge in [0.05, 0.1) is 18.4 Å². The third kappa shape index (κ3) is 2.38. The number of aromatic nitrogens is 2. The van der Waals surface area contributed by atoms with E-state index in [9.17, 15) is 4.79 Å². The lowest BCUT2D eigenvalue weighted by atomic mass is 10.2. The summed E-state index contributed by atoms with van der Waals surface area (Å²) in [5.41, 5.74) is 6.28. The van der Waals surface area contributed by atoms with Crippen molar-refractivity contribution in [2.24, 2.45) is 0 Å². The summed E-state index contributed by atoms with van der Waals surface area (Å²) < 4.78 is 7.15. The average molecular weight is 280 g/mol. The summed E-state index contributed by atoms with van der Waals surface area (Å²) in [7, 11) is 0. The molecule has 0 saturated carbocycles. The number of hydrogen-bond acceptors (Lipinski definition) is 6. The van der Waals surface area contributed by atoms with Gasteiger partial charge >= 0.3 is 5.69 Å². The highest BCUT2D eigenvalue weighted by molar-refractivity contribution is 5.62. The fourth-order valence-corrected chi connectivity index (χ4v) is 2.90. The zero-order valence-corrected chi connectivity index (χ0v) is 11.4. The summed E-state index contributed by atoms with van der Waals surface area (Å²) in [6, 6.07) is 0.